The maximum absolute atomic E-state index is 13.8. The number of nitro groups is 1. The number of nitrogens with zero attached hydrogens (tertiary/aromatic N) is 3. The summed E-state index contributed by atoms with van der Waals surface area (Å²) in [7, 11) is -3.83. The van der Waals surface area contributed by atoms with Crippen molar-refractivity contribution in [2.75, 3.05) is 4.90 Å². The molecule has 1 aliphatic rings. The molecule has 3 aromatic carbocycles. The molecule has 0 spiro atoms. The second-order valence-corrected chi connectivity index (χ2v) is 11.5. The first-order valence-corrected chi connectivity index (χ1v) is 14.5. The molecule has 1 aromatic heterocycles. The smallest absolute Gasteiger partial charge is 0.268 e. The van der Waals surface area contributed by atoms with Crippen molar-refractivity contribution in [2.24, 2.45) is 0 Å². The Morgan fingerprint density at radius 3 is 2.58 bits per heavy atom. The summed E-state index contributed by atoms with van der Waals surface area (Å²) in [5, 5.41) is 12.2. The van der Waals surface area contributed by atoms with Crippen LogP contribution in [0, 0.1) is 10.1 Å². The molecule has 0 saturated carbocycles. The fourth-order valence-corrected chi connectivity index (χ4v) is 6.24. The third-order valence-electron chi connectivity index (χ3n) is 6.85. The number of carbonyl (C=O) groups is 1. The number of carbonyl (C=O) groups excluding carboxylic acids is 1. The summed E-state index contributed by atoms with van der Waals surface area (Å²) in [5.41, 5.74) is 2.80. The molecule has 0 radical (unpaired) electrons. The van der Waals surface area contributed by atoms with Crippen LogP contribution in [0.4, 0.5) is 17.2 Å². The minimum atomic E-state index is -3.83. The highest BCUT2D eigenvalue weighted by Gasteiger charge is 2.32. The molecule has 1 N–H and O–H groups in total. The third kappa shape index (κ3) is 5.46. The van der Waals surface area contributed by atoms with Gasteiger partial charge in [0.25, 0.3) is 5.91 Å². The Labute approximate surface area is 236 Å². The van der Waals surface area contributed by atoms with Crippen molar-refractivity contribution in [3.63, 3.8) is 0 Å². The van der Waals surface area contributed by atoms with Gasteiger partial charge < -0.3 is 0 Å². The Balaban J connectivity index is 1.56. The Morgan fingerprint density at radius 2 is 1.88 bits per heavy atom. The lowest BCUT2D eigenvalue weighted by atomic mass is 10.1. The number of halogens is 1. The lowest BCUT2D eigenvalue weighted by Gasteiger charge is -2.23. The number of amides is 1. The van der Waals surface area contributed by atoms with Gasteiger partial charge in [-0.1, -0.05) is 42.8 Å². The van der Waals surface area contributed by atoms with Crippen molar-refractivity contribution in [1.82, 2.24) is 9.71 Å². The second kappa shape index (κ2) is 11.2. The van der Waals surface area contributed by atoms with E-state index in [0.29, 0.717) is 29.1 Å². The lowest BCUT2D eigenvalue weighted by Crippen LogP contribution is -2.29. The summed E-state index contributed by atoms with van der Waals surface area (Å²) >= 11 is 6.13. The molecule has 1 aliphatic carbocycles. The summed E-state index contributed by atoms with van der Waals surface area (Å²) < 4.78 is 29.2. The van der Waals surface area contributed by atoms with Gasteiger partial charge in [0.2, 0.25) is 15.8 Å². The number of hydrogen-bond acceptors (Lipinski definition) is 6. The fraction of sp³-hybridized carbons (Fsp3) is 0.172. The lowest BCUT2D eigenvalue weighted by molar-refractivity contribution is -0.384. The number of anilines is 2. The summed E-state index contributed by atoms with van der Waals surface area (Å²) in [4.78, 5) is 30.6. The maximum atomic E-state index is 13.8. The van der Waals surface area contributed by atoms with E-state index in [9.17, 15) is 23.3 Å². The van der Waals surface area contributed by atoms with E-state index in [1.807, 2.05) is 13.0 Å². The quantitative estimate of drug-likeness (QED) is 0.198. The standard InChI is InChI=1S/C29H25ClN4O5S/c1-2-19-8-13-24(14-9-19)40(38,39)32-26-15-11-20-10-12-23(18-25(20)26)33(28-27(34(36)37)7-4-16-31-28)29(35)21-5-3-6-22(30)17-21/h3-10,12-14,16-18,26,32H,2,11,15H2,1H3. The summed E-state index contributed by atoms with van der Waals surface area (Å²) in [5.74, 6) is -0.737. The molecule has 0 aliphatic heterocycles. The molecular weight excluding hydrogens is 552 g/mol. The normalized spacial score (nSPS) is 14.5. The molecule has 40 heavy (non-hydrogen) atoms. The number of hydrogen-bond donors (Lipinski definition) is 1. The van der Waals surface area contributed by atoms with Crippen molar-refractivity contribution in [1.29, 1.82) is 0 Å². The van der Waals surface area contributed by atoms with Gasteiger partial charge in [0.1, 0.15) is 0 Å². The van der Waals surface area contributed by atoms with E-state index in [2.05, 4.69) is 9.71 Å². The molecule has 5 rings (SSSR count). The Bertz CT molecular complexity index is 1710. The Hall–Kier alpha value is -4.12. The maximum Gasteiger partial charge on any atom is 0.312 e. The van der Waals surface area contributed by atoms with E-state index in [0.717, 1.165) is 22.4 Å². The Kier molecular flexibility index (Phi) is 7.66. The molecule has 0 fully saturated rings. The average Bonchev–Trinajstić information content (AvgIpc) is 3.34. The van der Waals surface area contributed by atoms with Crippen LogP contribution in [0.1, 0.15) is 46.4 Å². The molecule has 1 atom stereocenters. The van der Waals surface area contributed by atoms with E-state index in [4.69, 9.17) is 11.6 Å². The number of pyridine rings is 1. The van der Waals surface area contributed by atoms with Crippen molar-refractivity contribution < 1.29 is 18.1 Å². The van der Waals surface area contributed by atoms with Gasteiger partial charge >= 0.3 is 5.69 Å². The van der Waals surface area contributed by atoms with Crippen LogP contribution in [0.15, 0.2) is 90.0 Å². The van der Waals surface area contributed by atoms with E-state index in [-0.39, 0.29) is 22.0 Å². The van der Waals surface area contributed by atoms with Gasteiger partial charge in [0.05, 0.1) is 15.5 Å². The first-order chi connectivity index (χ1) is 19.2. The summed E-state index contributed by atoms with van der Waals surface area (Å²) in [6.45, 7) is 1.99. The van der Waals surface area contributed by atoms with Gasteiger partial charge in [-0.05, 0) is 84.5 Å². The van der Waals surface area contributed by atoms with Crippen LogP contribution in [0.5, 0.6) is 0 Å². The number of aryl methyl sites for hydroxylation is 2. The zero-order chi connectivity index (χ0) is 28.4. The van der Waals surface area contributed by atoms with Gasteiger partial charge in [-0.25, -0.2) is 18.1 Å². The number of rotatable bonds is 8. The Morgan fingerprint density at radius 1 is 1.10 bits per heavy atom. The highest BCUT2D eigenvalue weighted by molar-refractivity contribution is 7.89. The van der Waals surface area contributed by atoms with Crippen LogP contribution in [0.2, 0.25) is 5.02 Å². The zero-order valence-electron chi connectivity index (χ0n) is 21.5. The van der Waals surface area contributed by atoms with Crippen LogP contribution in [0.25, 0.3) is 0 Å². The molecule has 0 bridgehead atoms. The fourth-order valence-electron chi connectivity index (χ4n) is 4.80. The first kappa shape index (κ1) is 27.4. The van der Waals surface area contributed by atoms with E-state index in [1.54, 1.807) is 54.6 Å². The molecule has 204 valence electrons. The molecule has 11 heteroatoms. The largest absolute Gasteiger partial charge is 0.312 e. The highest BCUT2D eigenvalue weighted by Crippen LogP contribution is 2.39. The van der Waals surface area contributed by atoms with Crippen LogP contribution in [0.3, 0.4) is 0 Å². The highest BCUT2D eigenvalue weighted by atomic mass is 35.5. The summed E-state index contributed by atoms with van der Waals surface area (Å²) in [6, 6.07) is 20.3. The number of benzene rings is 3. The predicted molar refractivity (Wildman–Crippen MR) is 152 cm³/mol. The molecular formula is C29H25ClN4O5S. The molecule has 1 unspecified atom stereocenters. The van der Waals surface area contributed by atoms with Crippen molar-refractivity contribution in [3.05, 3.63) is 122 Å². The molecule has 9 nitrogen and oxygen atoms in total. The van der Waals surface area contributed by atoms with Crippen molar-refractivity contribution in [2.45, 2.75) is 37.1 Å². The van der Waals surface area contributed by atoms with Crippen LogP contribution < -0.4 is 9.62 Å². The van der Waals surface area contributed by atoms with Crippen LogP contribution in [-0.2, 0) is 22.9 Å². The molecule has 1 heterocycles. The van der Waals surface area contributed by atoms with E-state index >= 15 is 0 Å². The van der Waals surface area contributed by atoms with Gasteiger partial charge in [-0.2, -0.15) is 0 Å². The van der Waals surface area contributed by atoms with Gasteiger partial charge in [-0.15, -0.1) is 0 Å². The first-order valence-electron chi connectivity index (χ1n) is 12.6. The number of sulfonamides is 1. The molecule has 0 saturated heterocycles. The minimum Gasteiger partial charge on any atom is -0.268 e. The number of fused-ring (bicyclic) bond motifs is 1. The third-order valence-corrected chi connectivity index (χ3v) is 8.58. The number of aromatic nitrogens is 1. The zero-order valence-corrected chi connectivity index (χ0v) is 23.0. The number of nitrogens with one attached hydrogen (secondary N) is 1. The van der Waals surface area contributed by atoms with Gasteiger partial charge in [-0.3, -0.25) is 19.8 Å². The summed E-state index contributed by atoms with van der Waals surface area (Å²) in [6.07, 6.45) is 3.32. The molecule has 1 amide bonds. The predicted octanol–water partition coefficient (Wildman–Crippen LogP) is 6.15. The topological polar surface area (TPSA) is 123 Å². The van der Waals surface area contributed by atoms with Crippen LogP contribution >= 0.6 is 11.6 Å². The monoisotopic (exact) mass is 576 g/mol. The van der Waals surface area contributed by atoms with Crippen molar-refractivity contribution >= 4 is 44.7 Å². The SMILES string of the molecule is CCc1ccc(S(=O)(=O)NC2CCc3ccc(N(C(=O)c4cccc(Cl)c4)c4ncccc4[N+](=O)[O-])cc32)cc1. The second-order valence-electron chi connectivity index (χ2n) is 9.35. The average molecular weight is 577 g/mol. The van der Waals surface area contributed by atoms with Crippen molar-refractivity contribution in [3.8, 4) is 0 Å². The van der Waals surface area contributed by atoms with Gasteiger partial charge in [0, 0.05) is 28.9 Å². The van der Waals surface area contributed by atoms with Gasteiger partial charge in [0.15, 0.2) is 0 Å². The van der Waals surface area contributed by atoms with Crippen LogP contribution in [-0.4, -0.2) is 24.2 Å². The molecule has 4 aromatic rings. The van der Waals surface area contributed by atoms with E-state index < -0.39 is 26.9 Å². The minimum absolute atomic E-state index is 0.163. The van der Waals surface area contributed by atoms with E-state index in [1.165, 1.54) is 24.4 Å².